The number of hydrogen-bond acceptors (Lipinski definition) is 10. The molecule has 6 unspecified atom stereocenters. The summed E-state index contributed by atoms with van der Waals surface area (Å²) in [6.45, 7) is 3.31. The van der Waals surface area contributed by atoms with Crippen LogP contribution < -0.4 is 0 Å². The first-order valence-corrected chi connectivity index (χ1v) is 21.6. The van der Waals surface area contributed by atoms with E-state index in [2.05, 4.69) is 50.3 Å². The van der Waals surface area contributed by atoms with Crippen molar-refractivity contribution in [1.82, 2.24) is 0 Å². The van der Waals surface area contributed by atoms with Gasteiger partial charge in [0.2, 0.25) is 0 Å². The fourth-order valence-corrected chi connectivity index (χ4v) is 6.28. The van der Waals surface area contributed by atoms with Gasteiger partial charge in [0.25, 0.3) is 0 Å². The minimum absolute atomic E-state index is 0.223. The van der Waals surface area contributed by atoms with Crippen LogP contribution in [0, 0.1) is 0 Å². The number of ether oxygens (including phenoxy) is 4. The second kappa shape index (κ2) is 35.3. The number of carbonyl (C=O) groups excluding carboxylic acids is 2. The topological polar surface area (TPSA) is 152 Å². The average Bonchev–Trinajstić information content (AvgIpc) is 3.17. The average molecular weight is 767 g/mol. The third kappa shape index (κ3) is 26.7. The summed E-state index contributed by atoms with van der Waals surface area (Å²) in [5.74, 6) is -0.824. The zero-order valence-electron chi connectivity index (χ0n) is 34.0. The molecule has 10 heteroatoms. The van der Waals surface area contributed by atoms with E-state index in [1.54, 1.807) is 0 Å². The molecular weight excluding hydrogens is 688 g/mol. The van der Waals surface area contributed by atoms with E-state index in [1.165, 1.54) is 64.2 Å². The van der Waals surface area contributed by atoms with Gasteiger partial charge in [0, 0.05) is 12.8 Å². The van der Waals surface area contributed by atoms with Crippen molar-refractivity contribution in [1.29, 1.82) is 0 Å². The number of allylic oxidation sites excluding steroid dienone is 6. The predicted octanol–water partition coefficient (Wildman–Crippen LogP) is 8.72. The molecule has 0 aromatic carbocycles. The summed E-state index contributed by atoms with van der Waals surface area (Å²) in [5, 5.41) is 40.0. The van der Waals surface area contributed by atoms with E-state index >= 15 is 0 Å². The zero-order chi connectivity index (χ0) is 39.5. The fraction of sp³-hybridized carbons (Fsp3) is 0.818. The molecule has 0 bridgehead atoms. The van der Waals surface area contributed by atoms with Gasteiger partial charge < -0.3 is 39.4 Å². The van der Waals surface area contributed by atoms with Crippen LogP contribution in [0.15, 0.2) is 36.5 Å². The van der Waals surface area contributed by atoms with Crippen molar-refractivity contribution >= 4 is 11.9 Å². The Hall–Kier alpha value is -2.08. The van der Waals surface area contributed by atoms with Crippen molar-refractivity contribution in [2.45, 2.75) is 211 Å². The molecule has 0 saturated carbocycles. The van der Waals surface area contributed by atoms with Gasteiger partial charge in [-0.2, -0.15) is 0 Å². The number of carbonyl (C=O) groups is 2. The second-order valence-corrected chi connectivity index (χ2v) is 14.8. The summed E-state index contributed by atoms with van der Waals surface area (Å²) in [4.78, 5) is 25.2. The van der Waals surface area contributed by atoms with Crippen LogP contribution >= 0.6 is 0 Å². The van der Waals surface area contributed by atoms with Crippen LogP contribution in [0.5, 0.6) is 0 Å². The zero-order valence-corrected chi connectivity index (χ0v) is 34.0. The van der Waals surface area contributed by atoms with Gasteiger partial charge in [0.1, 0.15) is 31.0 Å². The number of aliphatic hydroxyl groups excluding tert-OH is 4. The van der Waals surface area contributed by atoms with Crippen LogP contribution in [0.3, 0.4) is 0 Å². The number of unbranched alkanes of at least 4 members (excludes halogenated alkanes) is 18. The van der Waals surface area contributed by atoms with Gasteiger partial charge >= 0.3 is 11.9 Å². The van der Waals surface area contributed by atoms with E-state index < -0.39 is 49.4 Å². The molecule has 1 aliphatic heterocycles. The van der Waals surface area contributed by atoms with Crippen molar-refractivity contribution in [3.8, 4) is 0 Å². The first kappa shape index (κ1) is 49.9. The molecule has 1 heterocycles. The van der Waals surface area contributed by atoms with Crippen LogP contribution in [-0.4, -0.2) is 89.0 Å². The second-order valence-electron chi connectivity index (χ2n) is 14.8. The predicted molar refractivity (Wildman–Crippen MR) is 215 cm³/mol. The van der Waals surface area contributed by atoms with Crippen molar-refractivity contribution < 1.29 is 49.0 Å². The summed E-state index contributed by atoms with van der Waals surface area (Å²) in [6, 6.07) is 0. The lowest BCUT2D eigenvalue weighted by Gasteiger charge is -2.39. The number of hydrogen-bond donors (Lipinski definition) is 4. The molecule has 4 N–H and O–H groups in total. The molecule has 6 atom stereocenters. The Bertz CT molecular complexity index is 980. The molecular formula is C44H78O10. The quantitative estimate of drug-likeness (QED) is 0.0280. The third-order valence-electron chi connectivity index (χ3n) is 9.73. The first-order chi connectivity index (χ1) is 26.3. The maximum atomic E-state index is 12.7. The molecule has 1 saturated heterocycles. The Morgan fingerprint density at radius 1 is 0.574 bits per heavy atom. The highest BCUT2D eigenvalue weighted by Gasteiger charge is 2.44. The monoisotopic (exact) mass is 767 g/mol. The minimum Gasteiger partial charge on any atom is -0.462 e. The lowest BCUT2D eigenvalue weighted by molar-refractivity contribution is -0.305. The lowest BCUT2D eigenvalue weighted by Crippen LogP contribution is -2.59. The smallest absolute Gasteiger partial charge is 0.306 e. The standard InChI is InChI=1S/C44H78O10/c1-3-5-7-9-11-13-15-16-17-18-19-20-21-22-23-25-27-29-31-33-40(47)53-37(36-52-44-43(50)42(49)41(48)38(34-45)54-44)35-51-39(46)32-30-28-26-24-14-12-10-8-6-4-2/h8,10-11,13,16-17,37-38,41-45,48-50H,3-7,9,12,14-15,18-36H2,1-2H3/b10-8-,13-11-,17-16-. The summed E-state index contributed by atoms with van der Waals surface area (Å²) in [5.41, 5.74) is 0. The van der Waals surface area contributed by atoms with Gasteiger partial charge in [-0.1, -0.05) is 134 Å². The van der Waals surface area contributed by atoms with Crippen molar-refractivity contribution in [2.24, 2.45) is 0 Å². The normalized spacial score (nSPS) is 21.0. The Balaban J connectivity index is 2.32. The van der Waals surface area contributed by atoms with E-state index in [0.29, 0.717) is 12.8 Å². The van der Waals surface area contributed by atoms with Crippen molar-refractivity contribution in [2.75, 3.05) is 19.8 Å². The fourth-order valence-electron chi connectivity index (χ4n) is 6.28. The van der Waals surface area contributed by atoms with Gasteiger partial charge in [-0.15, -0.1) is 0 Å². The van der Waals surface area contributed by atoms with Gasteiger partial charge in [0.05, 0.1) is 13.2 Å². The van der Waals surface area contributed by atoms with E-state index in [9.17, 15) is 30.0 Å². The summed E-state index contributed by atoms with van der Waals surface area (Å²) < 4.78 is 22.1. The summed E-state index contributed by atoms with van der Waals surface area (Å²) >= 11 is 0. The molecule has 0 amide bonds. The largest absolute Gasteiger partial charge is 0.462 e. The van der Waals surface area contributed by atoms with E-state index in [0.717, 1.165) is 70.6 Å². The molecule has 1 aliphatic rings. The van der Waals surface area contributed by atoms with Crippen molar-refractivity contribution in [3.05, 3.63) is 36.5 Å². The van der Waals surface area contributed by atoms with E-state index in [1.807, 2.05) is 0 Å². The Labute approximate surface area is 327 Å². The highest BCUT2D eigenvalue weighted by atomic mass is 16.7. The van der Waals surface area contributed by atoms with Crippen LogP contribution in [0.25, 0.3) is 0 Å². The molecule has 314 valence electrons. The number of esters is 2. The van der Waals surface area contributed by atoms with E-state index in [4.69, 9.17) is 18.9 Å². The van der Waals surface area contributed by atoms with Crippen molar-refractivity contribution in [3.63, 3.8) is 0 Å². The SMILES string of the molecule is CCC/C=C\CCCCCCCC(=O)OCC(COC1OC(CO)C(O)C(O)C1O)OC(=O)CCCCCCCCCCC/C=C\C/C=C\CCCCC. The molecule has 0 radical (unpaired) electrons. The van der Waals surface area contributed by atoms with Crippen LogP contribution in [0.4, 0.5) is 0 Å². The molecule has 0 aromatic heterocycles. The number of aliphatic hydroxyl groups is 4. The molecule has 1 rings (SSSR count). The third-order valence-corrected chi connectivity index (χ3v) is 9.73. The Morgan fingerprint density at radius 3 is 1.63 bits per heavy atom. The Kier molecular flexibility index (Phi) is 32.7. The Morgan fingerprint density at radius 2 is 1.07 bits per heavy atom. The van der Waals surface area contributed by atoms with Crippen LogP contribution in [0.2, 0.25) is 0 Å². The molecule has 0 aliphatic carbocycles. The lowest BCUT2D eigenvalue weighted by atomic mass is 9.99. The molecule has 0 aromatic rings. The first-order valence-electron chi connectivity index (χ1n) is 21.6. The van der Waals surface area contributed by atoms with Gasteiger partial charge in [-0.25, -0.2) is 0 Å². The van der Waals surface area contributed by atoms with E-state index in [-0.39, 0.29) is 32.0 Å². The van der Waals surface area contributed by atoms with Crippen LogP contribution in [0.1, 0.15) is 174 Å². The summed E-state index contributed by atoms with van der Waals surface area (Å²) in [6.07, 6.45) is 31.6. The maximum absolute atomic E-state index is 12.7. The molecule has 10 nitrogen and oxygen atoms in total. The highest BCUT2D eigenvalue weighted by molar-refractivity contribution is 5.70. The molecule has 0 spiro atoms. The van der Waals surface area contributed by atoms with Gasteiger partial charge in [0.15, 0.2) is 12.4 Å². The minimum atomic E-state index is -1.60. The van der Waals surface area contributed by atoms with Gasteiger partial charge in [-0.3, -0.25) is 9.59 Å². The maximum Gasteiger partial charge on any atom is 0.306 e. The van der Waals surface area contributed by atoms with Gasteiger partial charge in [-0.05, 0) is 64.2 Å². The number of rotatable bonds is 35. The summed E-state index contributed by atoms with van der Waals surface area (Å²) in [7, 11) is 0. The molecule has 54 heavy (non-hydrogen) atoms. The molecule has 1 fully saturated rings. The highest BCUT2D eigenvalue weighted by Crippen LogP contribution is 2.22. The van der Waals surface area contributed by atoms with Crippen LogP contribution in [-0.2, 0) is 28.5 Å².